The maximum Gasteiger partial charge on any atom is 0.232 e. The molecule has 0 radical (unpaired) electrons. The predicted molar refractivity (Wildman–Crippen MR) is 73.4 cm³/mol. The zero-order chi connectivity index (χ0) is 12.9. The molecule has 0 fully saturated rings. The van der Waals surface area contributed by atoms with Gasteiger partial charge < -0.3 is 4.74 Å². The lowest BCUT2D eigenvalue weighted by atomic mass is 10.3. The van der Waals surface area contributed by atoms with E-state index in [9.17, 15) is 8.42 Å². The number of nitrogens with one attached hydrogen (secondary N) is 1. The molecule has 4 nitrogen and oxygen atoms in total. The van der Waals surface area contributed by atoms with E-state index in [1.54, 1.807) is 18.2 Å². The van der Waals surface area contributed by atoms with Crippen LogP contribution in [0.5, 0.6) is 5.75 Å². The fraction of sp³-hybridized carbons (Fsp3) is 0.400. The third-order valence-electron chi connectivity index (χ3n) is 1.93. The van der Waals surface area contributed by atoms with Gasteiger partial charge in [-0.2, -0.15) is 0 Å². The highest BCUT2D eigenvalue weighted by molar-refractivity contribution is 9.10. The molecule has 96 valence electrons. The van der Waals surface area contributed by atoms with Gasteiger partial charge in [-0.05, 0) is 18.6 Å². The molecule has 0 heterocycles. The highest BCUT2D eigenvalue weighted by atomic mass is 79.9. The summed E-state index contributed by atoms with van der Waals surface area (Å²) in [5.41, 5.74) is 0.464. The van der Waals surface area contributed by atoms with E-state index >= 15 is 0 Å². The maximum absolute atomic E-state index is 11.6. The summed E-state index contributed by atoms with van der Waals surface area (Å²) >= 11 is 8.74. The van der Waals surface area contributed by atoms with Crippen molar-refractivity contribution in [2.24, 2.45) is 0 Å². The van der Waals surface area contributed by atoms with Gasteiger partial charge in [-0.25, -0.2) is 8.42 Å². The topological polar surface area (TPSA) is 55.4 Å². The quantitative estimate of drug-likeness (QED) is 0.809. The molecule has 7 heteroatoms. The van der Waals surface area contributed by atoms with E-state index in [4.69, 9.17) is 16.3 Å². The summed E-state index contributed by atoms with van der Waals surface area (Å²) in [6, 6.07) is 5.03. The molecule has 0 unspecified atom stereocenters. The number of sulfonamides is 1. The fourth-order valence-corrected chi connectivity index (χ4v) is 3.08. The molecule has 0 bridgehead atoms. The van der Waals surface area contributed by atoms with E-state index in [1.165, 1.54) is 7.11 Å². The van der Waals surface area contributed by atoms with Gasteiger partial charge in [0, 0.05) is 16.4 Å². The van der Waals surface area contributed by atoms with Crippen molar-refractivity contribution in [1.29, 1.82) is 0 Å². The first kappa shape index (κ1) is 14.6. The Balaban J connectivity index is 2.84. The molecule has 1 aromatic rings. The molecule has 17 heavy (non-hydrogen) atoms. The Morgan fingerprint density at radius 3 is 2.71 bits per heavy atom. The molecular weight excluding hydrogens is 330 g/mol. The van der Waals surface area contributed by atoms with Crippen LogP contribution < -0.4 is 9.46 Å². The van der Waals surface area contributed by atoms with E-state index < -0.39 is 10.0 Å². The monoisotopic (exact) mass is 341 g/mol. The van der Waals surface area contributed by atoms with Crippen molar-refractivity contribution < 1.29 is 13.2 Å². The van der Waals surface area contributed by atoms with Gasteiger partial charge in [-0.15, -0.1) is 11.6 Å². The van der Waals surface area contributed by atoms with E-state index in [2.05, 4.69) is 20.7 Å². The van der Waals surface area contributed by atoms with Crippen LogP contribution in [-0.2, 0) is 10.0 Å². The lowest BCUT2D eigenvalue weighted by molar-refractivity contribution is 0.415. The largest absolute Gasteiger partial charge is 0.497 e. The van der Waals surface area contributed by atoms with Gasteiger partial charge >= 0.3 is 0 Å². The van der Waals surface area contributed by atoms with E-state index in [1.807, 2.05) is 0 Å². The van der Waals surface area contributed by atoms with Crippen molar-refractivity contribution in [2.45, 2.75) is 6.42 Å². The van der Waals surface area contributed by atoms with Crippen LogP contribution in [0.15, 0.2) is 22.7 Å². The van der Waals surface area contributed by atoms with Gasteiger partial charge in [0.1, 0.15) is 5.75 Å². The number of ether oxygens (including phenoxy) is 1. The summed E-state index contributed by atoms with van der Waals surface area (Å²) in [4.78, 5) is 0. The predicted octanol–water partition coefficient (Wildman–Crippen LogP) is 2.83. The number of hydrogen-bond acceptors (Lipinski definition) is 3. The van der Waals surface area contributed by atoms with Crippen LogP contribution in [0, 0.1) is 0 Å². The number of halogens is 2. The average molecular weight is 343 g/mol. The average Bonchev–Trinajstić information content (AvgIpc) is 2.25. The molecule has 0 aliphatic carbocycles. The molecule has 1 aromatic carbocycles. The van der Waals surface area contributed by atoms with Gasteiger partial charge in [-0.3, -0.25) is 4.72 Å². The van der Waals surface area contributed by atoms with Gasteiger partial charge in [0.05, 0.1) is 18.6 Å². The van der Waals surface area contributed by atoms with Crippen molar-refractivity contribution >= 4 is 43.2 Å². The Morgan fingerprint density at radius 1 is 1.41 bits per heavy atom. The van der Waals surface area contributed by atoms with Gasteiger partial charge in [0.15, 0.2) is 0 Å². The normalized spacial score (nSPS) is 11.2. The van der Waals surface area contributed by atoms with Crippen LogP contribution in [0.25, 0.3) is 0 Å². The third kappa shape index (κ3) is 5.14. The molecule has 0 aromatic heterocycles. The summed E-state index contributed by atoms with van der Waals surface area (Å²) in [7, 11) is -1.83. The second kappa shape index (κ2) is 6.47. The minimum atomic E-state index is -3.35. The Morgan fingerprint density at radius 2 is 2.12 bits per heavy atom. The van der Waals surface area contributed by atoms with Crippen LogP contribution in [0.2, 0.25) is 0 Å². The molecular formula is C10H13BrClNO3S. The summed E-state index contributed by atoms with van der Waals surface area (Å²) in [5.74, 6) is 0.906. The molecule has 1 N–H and O–H groups in total. The SMILES string of the molecule is COc1cc(Br)cc(NS(=O)(=O)CCCCl)c1. The number of methoxy groups -OCH3 is 1. The first-order chi connectivity index (χ1) is 7.96. The van der Waals surface area contributed by atoms with Crippen LogP contribution in [-0.4, -0.2) is 27.2 Å². The zero-order valence-electron chi connectivity index (χ0n) is 9.24. The highest BCUT2D eigenvalue weighted by Crippen LogP contribution is 2.25. The van der Waals surface area contributed by atoms with E-state index in [0.29, 0.717) is 23.7 Å². The number of alkyl halides is 1. The Bertz CT molecular complexity index is 478. The lowest BCUT2D eigenvalue weighted by Crippen LogP contribution is -2.17. The molecule has 0 saturated heterocycles. The smallest absolute Gasteiger partial charge is 0.232 e. The van der Waals surface area contributed by atoms with Crippen molar-refractivity contribution in [3.63, 3.8) is 0 Å². The van der Waals surface area contributed by atoms with Crippen LogP contribution >= 0.6 is 27.5 Å². The zero-order valence-corrected chi connectivity index (χ0v) is 12.4. The summed E-state index contributed by atoms with van der Waals surface area (Å²) in [6.07, 6.45) is 0.419. The first-order valence-corrected chi connectivity index (χ1v) is 7.86. The third-order valence-corrected chi connectivity index (χ3v) is 4.02. The standard InChI is InChI=1S/C10H13BrClNO3S/c1-16-10-6-8(11)5-9(7-10)13-17(14,15)4-2-3-12/h5-7,13H,2-4H2,1H3. The molecule has 1 rings (SSSR count). The Labute approximate surface area is 114 Å². The van der Waals surface area contributed by atoms with Gasteiger partial charge in [0.25, 0.3) is 0 Å². The maximum atomic E-state index is 11.6. The summed E-state index contributed by atoms with van der Waals surface area (Å²) < 4.78 is 31.5. The molecule has 0 aliphatic rings. The minimum Gasteiger partial charge on any atom is -0.497 e. The second-order valence-electron chi connectivity index (χ2n) is 3.34. The van der Waals surface area contributed by atoms with Gasteiger partial charge in [0.2, 0.25) is 10.0 Å². The second-order valence-corrected chi connectivity index (χ2v) is 6.48. The Hall–Kier alpha value is -0.460. The van der Waals surface area contributed by atoms with E-state index in [0.717, 1.165) is 4.47 Å². The van der Waals surface area contributed by atoms with Gasteiger partial charge in [-0.1, -0.05) is 15.9 Å². The molecule has 0 amide bonds. The minimum absolute atomic E-state index is 0.00529. The van der Waals surface area contributed by atoms with Crippen molar-refractivity contribution in [1.82, 2.24) is 0 Å². The fourth-order valence-electron chi connectivity index (χ4n) is 1.21. The Kier molecular flexibility index (Phi) is 5.55. The van der Waals surface area contributed by atoms with Crippen LogP contribution in [0.1, 0.15) is 6.42 Å². The molecule has 0 aliphatic heterocycles. The summed E-state index contributed by atoms with van der Waals surface area (Å²) in [6.45, 7) is 0. The van der Waals surface area contributed by atoms with Crippen molar-refractivity contribution in [3.05, 3.63) is 22.7 Å². The van der Waals surface area contributed by atoms with Crippen molar-refractivity contribution in [3.8, 4) is 5.75 Å². The number of rotatable bonds is 6. The number of benzene rings is 1. The summed E-state index contributed by atoms with van der Waals surface area (Å²) in [5, 5.41) is 0. The number of hydrogen-bond donors (Lipinski definition) is 1. The number of anilines is 1. The van der Waals surface area contributed by atoms with E-state index in [-0.39, 0.29) is 5.75 Å². The molecule has 0 saturated carbocycles. The van der Waals surface area contributed by atoms with Crippen LogP contribution in [0.4, 0.5) is 5.69 Å². The molecule has 0 atom stereocenters. The van der Waals surface area contributed by atoms with Crippen LogP contribution in [0.3, 0.4) is 0 Å². The highest BCUT2D eigenvalue weighted by Gasteiger charge is 2.10. The van der Waals surface area contributed by atoms with Crippen molar-refractivity contribution in [2.75, 3.05) is 23.5 Å². The first-order valence-electron chi connectivity index (χ1n) is 4.88. The molecule has 0 spiro atoms. The lowest BCUT2D eigenvalue weighted by Gasteiger charge is -2.09.